The Bertz CT molecular complexity index is 491. The van der Waals surface area contributed by atoms with Crippen LogP contribution in [0.5, 0.6) is 0 Å². The molecule has 0 spiro atoms. The molecule has 0 aliphatic carbocycles. The van der Waals surface area contributed by atoms with Gasteiger partial charge in [0.05, 0.1) is 92.6 Å². The number of carboxylic acids is 1. The highest BCUT2D eigenvalue weighted by atomic mass is 16.6. The van der Waals surface area contributed by atoms with Crippen molar-refractivity contribution in [2.45, 2.75) is 25.7 Å². The summed E-state index contributed by atoms with van der Waals surface area (Å²) in [6.45, 7) is 5.80. The van der Waals surface area contributed by atoms with E-state index in [0.717, 1.165) is 0 Å². The molecule has 12 nitrogen and oxygen atoms in total. The molecule has 0 saturated heterocycles. The van der Waals surface area contributed by atoms with Crippen LogP contribution in [0.15, 0.2) is 0 Å². The molecule has 12 heteroatoms. The molecule has 194 valence electrons. The summed E-state index contributed by atoms with van der Waals surface area (Å²) in [5.41, 5.74) is 0. The molecule has 2 N–H and O–H groups in total. The Hall–Kier alpha value is -1.83. The highest BCUT2D eigenvalue weighted by Gasteiger charge is 2.04. The van der Waals surface area contributed by atoms with Gasteiger partial charge in [0, 0.05) is 19.6 Å². The number of hydrogen-bond acceptors (Lipinski definition) is 10. The SMILES string of the molecule is COC(=O)CCOCCOCCOCCOCCOCCOCCCNC(=O)CCC(=O)O. The van der Waals surface area contributed by atoms with Gasteiger partial charge in [-0.25, -0.2) is 0 Å². The van der Waals surface area contributed by atoms with E-state index in [2.05, 4.69) is 10.1 Å². The Morgan fingerprint density at radius 3 is 1.45 bits per heavy atom. The first-order chi connectivity index (χ1) is 16.1. The van der Waals surface area contributed by atoms with Crippen LogP contribution in [0, 0.1) is 0 Å². The molecule has 0 bridgehead atoms. The lowest BCUT2D eigenvalue weighted by molar-refractivity contribution is -0.142. The third-order valence-electron chi connectivity index (χ3n) is 3.89. The van der Waals surface area contributed by atoms with Crippen LogP contribution in [0.3, 0.4) is 0 Å². The summed E-state index contributed by atoms with van der Waals surface area (Å²) in [4.78, 5) is 32.5. The monoisotopic (exact) mass is 481 g/mol. The molecule has 0 saturated carbocycles. The highest BCUT2D eigenvalue weighted by molar-refractivity contribution is 5.80. The van der Waals surface area contributed by atoms with Gasteiger partial charge in [0.1, 0.15) is 0 Å². The molecule has 1 amide bonds. The number of methoxy groups -OCH3 is 1. The van der Waals surface area contributed by atoms with E-state index in [1.165, 1.54) is 7.11 Å². The van der Waals surface area contributed by atoms with Crippen LogP contribution >= 0.6 is 0 Å². The van der Waals surface area contributed by atoms with Gasteiger partial charge < -0.3 is 43.6 Å². The summed E-state index contributed by atoms with van der Waals surface area (Å²) >= 11 is 0. The molecule has 0 fully saturated rings. The molecular weight excluding hydrogens is 442 g/mol. The minimum Gasteiger partial charge on any atom is -0.481 e. The number of carbonyl (C=O) groups is 3. The fourth-order valence-corrected chi connectivity index (χ4v) is 2.17. The van der Waals surface area contributed by atoms with Crippen LogP contribution < -0.4 is 5.32 Å². The van der Waals surface area contributed by atoms with Gasteiger partial charge >= 0.3 is 11.9 Å². The molecule has 0 aliphatic rings. The van der Waals surface area contributed by atoms with Gasteiger partial charge in [0.25, 0.3) is 0 Å². The molecular formula is C21H39NO11. The summed E-state index contributed by atoms with van der Waals surface area (Å²) in [5.74, 6) is -1.55. The normalized spacial score (nSPS) is 10.8. The number of esters is 1. The lowest BCUT2D eigenvalue weighted by atomic mass is 10.3. The molecule has 0 aromatic rings. The summed E-state index contributed by atoms with van der Waals surface area (Å²) in [5, 5.41) is 11.1. The van der Waals surface area contributed by atoms with Crippen LogP contribution in [-0.4, -0.2) is 116 Å². The first kappa shape index (κ1) is 31.2. The van der Waals surface area contributed by atoms with Crippen molar-refractivity contribution in [1.29, 1.82) is 0 Å². The zero-order chi connectivity index (χ0) is 24.4. The van der Waals surface area contributed by atoms with E-state index in [9.17, 15) is 14.4 Å². The highest BCUT2D eigenvalue weighted by Crippen LogP contribution is 1.90. The minimum atomic E-state index is -0.984. The summed E-state index contributed by atoms with van der Waals surface area (Å²) in [6.07, 6.45) is 0.715. The largest absolute Gasteiger partial charge is 0.481 e. The van der Waals surface area contributed by atoms with Gasteiger partial charge in [-0.05, 0) is 6.42 Å². The Labute approximate surface area is 195 Å². The van der Waals surface area contributed by atoms with Gasteiger partial charge in [-0.3, -0.25) is 14.4 Å². The fourth-order valence-electron chi connectivity index (χ4n) is 2.17. The van der Waals surface area contributed by atoms with Crippen LogP contribution in [0.25, 0.3) is 0 Å². The third-order valence-corrected chi connectivity index (χ3v) is 3.89. The van der Waals surface area contributed by atoms with Crippen molar-refractivity contribution >= 4 is 17.8 Å². The van der Waals surface area contributed by atoms with Crippen molar-refractivity contribution in [3.63, 3.8) is 0 Å². The number of hydrogen-bond donors (Lipinski definition) is 2. The van der Waals surface area contributed by atoms with E-state index < -0.39 is 5.97 Å². The number of nitrogens with one attached hydrogen (secondary N) is 1. The van der Waals surface area contributed by atoms with E-state index >= 15 is 0 Å². The minimum absolute atomic E-state index is 0.00959. The smallest absolute Gasteiger partial charge is 0.307 e. The third kappa shape index (κ3) is 26.3. The number of ether oxygens (including phenoxy) is 7. The predicted octanol–water partition coefficient (Wildman–Crippen LogP) is 0.0202. The van der Waals surface area contributed by atoms with Crippen LogP contribution in [-0.2, 0) is 47.5 Å². The Kier molecular flexibility index (Phi) is 23.4. The molecule has 0 rings (SSSR count). The molecule has 33 heavy (non-hydrogen) atoms. The fraction of sp³-hybridized carbons (Fsp3) is 0.857. The number of rotatable bonds is 25. The molecule has 0 heterocycles. The van der Waals surface area contributed by atoms with E-state index in [1.54, 1.807) is 0 Å². The quantitative estimate of drug-likeness (QED) is 0.134. The van der Waals surface area contributed by atoms with Crippen molar-refractivity contribution in [3.05, 3.63) is 0 Å². The average Bonchev–Trinajstić information content (AvgIpc) is 2.80. The van der Waals surface area contributed by atoms with Crippen LogP contribution in [0.1, 0.15) is 25.7 Å². The van der Waals surface area contributed by atoms with Crippen molar-refractivity contribution in [2.24, 2.45) is 0 Å². The molecule has 0 aliphatic heterocycles. The summed E-state index contributed by atoms with van der Waals surface area (Å²) < 4.78 is 36.6. The van der Waals surface area contributed by atoms with Gasteiger partial charge in [-0.1, -0.05) is 0 Å². The summed E-state index contributed by atoms with van der Waals surface area (Å²) in [7, 11) is 1.34. The maximum atomic E-state index is 11.3. The first-order valence-corrected chi connectivity index (χ1v) is 11.1. The van der Waals surface area contributed by atoms with Gasteiger partial charge in [-0.2, -0.15) is 0 Å². The van der Waals surface area contributed by atoms with Crippen LogP contribution in [0.2, 0.25) is 0 Å². The lowest BCUT2D eigenvalue weighted by Crippen LogP contribution is -2.25. The average molecular weight is 482 g/mol. The van der Waals surface area contributed by atoms with E-state index in [1.807, 2.05) is 0 Å². The summed E-state index contributed by atoms with van der Waals surface area (Å²) in [6, 6.07) is 0. The predicted molar refractivity (Wildman–Crippen MR) is 116 cm³/mol. The maximum Gasteiger partial charge on any atom is 0.307 e. The molecule has 0 radical (unpaired) electrons. The van der Waals surface area contributed by atoms with Crippen molar-refractivity contribution in [2.75, 3.05) is 92.9 Å². The van der Waals surface area contributed by atoms with Gasteiger partial charge in [0.15, 0.2) is 0 Å². The Morgan fingerprint density at radius 2 is 1.03 bits per heavy atom. The van der Waals surface area contributed by atoms with E-state index in [0.29, 0.717) is 92.2 Å². The van der Waals surface area contributed by atoms with Gasteiger partial charge in [0.2, 0.25) is 5.91 Å². The van der Waals surface area contributed by atoms with Crippen molar-refractivity contribution in [3.8, 4) is 0 Å². The van der Waals surface area contributed by atoms with Crippen molar-refractivity contribution < 1.29 is 52.6 Å². The number of carbonyl (C=O) groups excluding carboxylic acids is 2. The molecule has 0 atom stereocenters. The number of carboxylic acid groups (broad SMARTS) is 1. The zero-order valence-corrected chi connectivity index (χ0v) is 19.6. The van der Waals surface area contributed by atoms with E-state index in [4.69, 9.17) is 33.5 Å². The standard InChI is InChI=1S/C21H39NO11/c1-27-21(26)5-8-29-10-12-31-14-16-33-18-17-32-15-13-30-11-9-28-7-2-6-22-19(23)3-4-20(24)25/h2-18H2,1H3,(H,22,23)(H,24,25). The topological polar surface area (TPSA) is 148 Å². The molecule has 0 aromatic heterocycles. The number of amides is 1. The van der Waals surface area contributed by atoms with E-state index in [-0.39, 0.29) is 31.1 Å². The second kappa shape index (κ2) is 24.8. The van der Waals surface area contributed by atoms with Crippen molar-refractivity contribution in [1.82, 2.24) is 5.32 Å². The Balaban J connectivity index is 3.11. The number of aliphatic carboxylic acids is 1. The zero-order valence-electron chi connectivity index (χ0n) is 19.6. The first-order valence-electron chi connectivity index (χ1n) is 11.1. The van der Waals surface area contributed by atoms with Crippen LogP contribution in [0.4, 0.5) is 0 Å². The second-order valence-corrected chi connectivity index (χ2v) is 6.60. The lowest BCUT2D eigenvalue weighted by Gasteiger charge is -2.08. The second-order valence-electron chi connectivity index (χ2n) is 6.60. The molecule has 0 unspecified atom stereocenters. The maximum absolute atomic E-state index is 11.3. The Morgan fingerprint density at radius 1 is 0.606 bits per heavy atom. The van der Waals surface area contributed by atoms with Gasteiger partial charge in [-0.15, -0.1) is 0 Å². The molecule has 0 aromatic carbocycles.